The summed E-state index contributed by atoms with van der Waals surface area (Å²) in [6.45, 7) is 18.8. The Morgan fingerprint density at radius 2 is 2.00 bits per heavy atom. The van der Waals surface area contributed by atoms with Gasteiger partial charge in [0, 0.05) is 19.1 Å². The molecule has 1 fully saturated rings. The minimum absolute atomic E-state index is 0.358. The predicted octanol–water partition coefficient (Wildman–Crippen LogP) is 2.74. The number of rotatable bonds is 5. The molecule has 96 valence electrons. The molecule has 1 N–H and O–H groups in total. The van der Waals surface area contributed by atoms with Crippen molar-refractivity contribution in [3.63, 3.8) is 0 Å². The van der Waals surface area contributed by atoms with E-state index < -0.39 is 0 Å². The van der Waals surface area contributed by atoms with Crippen LogP contribution >= 0.6 is 0 Å². The van der Waals surface area contributed by atoms with Crippen molar-refractivity contribution in [3.05, 3.63) is 0 Å². The Balaban J connectivity index is 2.47. The lowest BCUT2D eigenvalue weighted by atomic mass is 9.84. The molecular formula is C14H30N2. The molecule has 1 aliphatic rings. The number of likely N-dealkylation sites (tertiary alicyclic amines) is 1. The minimum atomic E-state index is 0.358. The van der Waals surface area contributed by atoms with Crippen LogP contribution in [0.4, 0.5) is 0 Å². The summed E-state index contributed by atoms with van der Waals surface area (Å²) in [4.78, 5) is 2.63. The number of nitrogens with zero attached hydrogens (tertiary/aromatic N) is 1. The highest BCUT2D eigenvalue weighted by molar-refractivity contribution is 4.89. The first kappa shape index (κ1) is 14.0. The molecule has 16 heavy (non-hydrogen) atoms. The molecule has 1 heterocycles. The van der Waals surface area contributed by atoms with Crippen molar-refractivity contribution in [3.8, 4) is 0 Å². The van der Waals surface area contributed by atoms with Crippen LogP contribution in [0.5, 0.6) is 0 Å². The van der Waals surface area contributed by atoms with E-state index in [1.807, 2.05) is 0 Å². The van der Waals surface area contributed by atoms with Gasteiger partial charge in [0.25, 0.3) is 0 Å². The quantitative estimate of drug-likeness (QED) is 0.775. The first-order valence-electron chi connectivity index (χ1n) is 6.72. The van der Waals surface area contributed by atoms with E-state index in [1.54, 1.807) is 0 Å². The summed E-state index contributed by atoms with van der Waals surface area (Å²) in [6.07, 6.45) is 1.35. The molecule has 1 saturated heterocycles. The third-order valence-electron chi connectivity index (χ3n) is 4.07. The molecule has 0 spiro atoms. The third-order valence-corrected chi connectivity index (χ3v) is 4.07. The lowest BCUT2D eigenvalue weighted by molar-refractivity contribution is 0.155. The minimum Gasteiger partial charge on any atom is -0.314 e. The predicted molar refractivity (Wildman–Crippen MR) is 71.8 cm³/mol. The van der Waals surface area contributed by atoms with Crippen molar-refractivity contribution < 1.29 is 0 Å². The molecule has 1 atom stereocenters. The van der Waals surface area contributed by atoms with Gasteiger partial charge in [0.15, 0.2) is 0 Å². The second-order valence-electron chi connectivity index (χ2n) is 6.89. The van der Waals surface area contributed by atoms with Crippen LogP contribution in [0.2, 0.25) is 0 Å². The van der Waals surface area contributed by atoms with Crippen molar-refractivity contribution in [2.75, 3.05) is 26.2 Å². The summed E-state index contributed by atoms with van der Waals surface area (Å²) in [5.41, 5.74) is 0.883. The highest BCUT2D eigenvalue weighted by Crippen LogP contribution is 2.32. The molecule has 0 amide bonds. The summed E-state index contributed by atoms with van der Waals surface area (Å²) in [5.74, 6) is 0. The van der Waals surface area contributed by atoms with Crippen LogP contribution in [0, 0.1) is 10.8 Å². The maximum absolute atomic E-state index is 3.55. The van der Waals surface area contributed by atoms with Crippen molar-refractivity contribution in [1.82, 2.24) is 10.2 Å². The standard InChI is InChI=1S/C14H30N2/c1-7-15-12(2)14(5,6)11-16-9-8-13(3,4)10-16/h12,15H,7-11H2,1-6H3. The molecule has 1 aliphatic heterocycles. The zero-order valence-electron chi connectivity index (χ0n) is 12.1. The van der Waals surface area contributed by atoms with Gasteiger partial charge >= 0.3 is 0 Å². The fraction of sp³-hybridized carbons (Fsp3) is 1.00. The number of hydrogen-bond acceptors (Lipinski definition) is 2. The van der Waals surface area contributed by atoms with Crippen molar-refractivity contribution >= 4 is 0 Å². The summed E-state index contributed by atoms with van der Waals surface area (Å²) >= 11 is 0. The van der Waals surface area contributed by atoms with Crippen LogP contribution in [0.15, 0.2) is 0 Å². The van der Waals surface area contributed by atoms with Crippen molar-refractivity contribution in [2.24, 2.45) is 10.8 Å². The first-order valence-corrected chi connectivity index (χ1v) is 6.72. The van der Waals surface area contributed by atoms with Gasteiger partial charge in [-0.05, 0) is 37.3 Å². The van der Waals surface area contributed by atoms with Crippen LogP contribution in [0.3, 0.4) is 0 Å². The molecule has 0 saturated carbocycles. The van der Waals surface area contributed by atoms with Crippen LogP contribution < -0.4 is 5.32 Å². The number of hydrogen-bond donors (Lipinski definition) is 1. The molecule has 0 aromatic carbocycles. The first-order chi connectivity index (χ1) is 7.27. The maximum atomic E-state index is 3.55. The smallest absolute Gasteiger partial charge is 0.0102 e. The van der Waals surface area contributed by atoms with Gasteiger partial charge in [0.2, 0.25) is 0 Å². The lowest BCUT2D eigenvalue weighted by Crippen LogP contribution is -2.46. The second-order valence-corrected chi connectivity index (χ2v) is 6.89. The molecule has 2 nitrogen and oxygen atoms in total. The van der Waals surface area contributed by atoms with Crippen molar-refractivity contribution in [2.45, 2.75) is 54.0 Å². The van der Waals surface area contributed by atoms with Crippen molar-refractivity contribution in [1.29, 1.82) is 0 Å². The monoisotopic (exact) mass is 226 g/mol. The fourth-order valence-corrected chi connectivity index (χ4v) is 2.65. The number of nitrogens with one attached hydrogen (secondary N) is 1. The molecule has 0 bridgehead atoms. The zero-order valence-corrected chi connectivity index (χ0v) is 12.1. The summed E-state index contributed by atoms with van der Waals surface area (Å²) in [6, 6.07) is 0.584. The Morgan fingerprint density at radius 1 is 1.38 bits per heavy atom. The SMILES string of the molecule is CCNC(C)C(C)(C)CN1CCC(C)(C)C1. The summed E-state index contributed by atoms with van der Waals surface area (Å²) in [7, 11) is 0. The van der Waals surface area contributed by atoms with E-state index in [1.165, 1.54) is 26.1 Å². The van der Waals surface area contributed by atoms with Crippen LogP contribution in [0.1, 0.15) is 48.0 Å². The van der Waals surface area contributed by atoms with Gasteiger partial charge in [-0.25, -0.2) is 0 Å². The normalized spacial score (nSPS) is 23.6. The summed E-state index contributed by atoms with van der Waals surface area (Å²) in [5, 5.41) is 3.55. The van der Waals surface area contributed by atoms with E-state index in [0.717, 1.165) is 6.54 Å². The Bertz CT molecular complexity index is 221. The van der Waals surface area contributed by atoms with Gasteiger partial charge in [-0.1, -0.05) is 34.6 Å². The molecule has 2 heteroatoms. The van der Waals surface area contributed by atoms with E-state index in [2.05, 4.69) is 51.8 Å². The molecule has 0 radical (unpaired) electrons. The Morgan fingerprint density at radius 3 is 2.44 bits per heavy atom. The Kier molecular flexibility index (Phi) is 4.42. The second kappa shape index (κ2) is 5.05. The molecule has 1 unspecified atom stereocenters. The van der Waals surface area contributed by atoms with E-state index in [-0.39, 0.29) is 0 Å². The summed E-state index contributed by atoms with van der Waals surface area (Å²) < 4.78 is 0. The van der Waals surface area contributed by atoms with Gasteiger partial charge in [-0.15, -0.1) is 0 Å². The zero-order chi connectivity index (χ0) is 12.4. The topological polar surface area (TPSA) is 15.3 Å². The Labute approximate surface area is 102 Å². The van der Waals surface area contributed by atoms with Gasteiger partial charge in [0.05, 0.1) is 0 Å². The van der Waals surface area contributed by atoms with Crippen LogP contribution in [-0.2, 0) is 0 Å². The molecule has 0 aliphatic carbocycles. The molecule has 0 aromatic heterocycles. The van der Waals surface area contributed by atoms with Gasteiger partial charge < -0.3 is 10.2 Å². The third kappa shape index (κ3) is 3.74. The van der Waals surface area contributed by atoms with Crippen LogP contribution in [0.25, 0.3) is 0 Å². The highest BCUT2D eigenvalue weighted by atomic mass is 15.2. The van der Waals surface area contributed by atoms with E-state index in [4.69, 9.17) is 0 Å². The van der Waals surface area contributed by atoms with E-state index in [9.17, 15) is 0 Å². The highest BCUT2D eigenvalue weighted by Gasteiger charge is 2.34. The van der Waals surface area contributed by atoms with Gasteiger partial charge in [-0.2, -0.15) is 0 Å². The van der Waals surface area contributed by atoms with Gasteiger partial charge in [0.1, 0.15) is 0 Å². The Hall–Kier alpha value is -0.0800. The molecule has 1 rings (SSSR count). The lowest BCUT2D eigenvalue weighted by Gasteiger charge is -2.36. The van der Waals surface area contributed by atoms with E-state index >= 15 is 0 Å². The van der Waals surface area contributed by atoms with E-state index in [0.29, 0.717) is 16.9 Å². The average molecular weight is 226 g/mol. The maximum Gasteiger partial charge on any atom is 0.0102 e. The fourth-order valence-electron chi connectivity index (χ4n) is 2.65. The van der Waals surface area contributed by atoms with Gasteiger partial charge in [-0.3, -0.25) is 0 Å². The average Bonchev–Trinajstić information content (AvgIpc) is 2.45. The largest absolute Gasteiger partial charge is 0.314 e. The van der Waals surface area contributed by atoms with Crippen LogP contribution in [-0.4, -0.2) is 37.1 Å². The molecule has 0 aromatic rings. The molecular weight excluding hydrogens is 196 g/mol.